The molecular formula is C22H20FN3O2S. The highest BCUT2D eigenvalue weighted by Crippen LogP contribution is 2.45. The van der Waals surface area contributed by atoms with Gasteiger partial charge in [0.25, 0.3) is 5.91 Å². The van der Waals surface area contributed by atoms with Gasteiger partial charge in [-0.25, -0.2) is 9.38 Å². The molecule has 0 radical (unpaired) electrons. The number of carbonyl (C=O) groups excluding carboxylic acids is 1. The average Bonchev–Trinajstić information content (AvgIpc) is 3.29. The molecule has 2 N–H and O–H groups in total. The third kappa shape index (κ3) is 2.98. The Balaban J connectivity index is 1.88. The van der Waals surface area contributed by atoms with Crippen molar-refractivity contribution < 1.29 is 13.9 Å². The van der Waals surface area contributed by atoms with Crippen molar-refractivity contribution in [2.24, 2.45) is 10.7 Å². The van der Waals surface area contributed by atoms with E-state index < -0.39 is 5.54 Å². The lowest BCUT2D eigenvalue weighted by molar-refractivity contribution is -0.129. The van der Waals surface area contributed by atoms with Gasteiger partial charge < -0.3 is 10.5 Å². The van der Waals surface area contributed by atoms with E-state index in [0.29, 0.717) is 0 Å². The topological polar surface area (TPSA) is 67.9 Å². The third-order valence-electron chi connectivity index (χ3n) is 5.14. The Kier molecular flexibility index (Phi) is 4.62. The zero-order valence-electron chi connectivity index (χ0n) is 16.3. The molecule has 2 heterocycles. The highest BCUT2D eigenvalue weighted by Gasteiger charge is 2.50. The number of aliphatic imine (C=N–C) groups is 1. The second-order valence-corrected chi connectivity index (χ2v) is 7.98. The summed E-state index contributed by atoms with van der Waals surface area (Å²) in [7, 11) is 3.23. The molecule has 1 aliphatic rings. The monoisotopic (exact) mass is 409 g/mol. The number of rotatable bonds is 4. The molecule has 0 bridgehead atoms. The van der Waals surface area contributed by atoms with Crippen LogP contribution in [0.15, 0.2) is 59.6 Å². The number of carbonyl (C=O) groups is 1. The molecule has 0 fully saturated rings. The fourth-order valence-corrected chi connectivity index (χ4v) is 4.70. The Morgan fingerprint density at radius 2 is 1.86 bits per heavy atom. The highest BCUT2D eigenvalue weighted by molar-refractivity contribution is 7.15. The lowest BCUT2D eigenvalue weighted by Gasteiger charge is -2.25. The summed E-state index contributed by atoms with van der Waals surface area (Å²) in [5, 5.41) is 0. The molecule has 1 amide bonds. The van der Waals surface area contributed by atoms with Crippen molar-refractivity contribution in [2.45, 2.75) is 12.5 Å². The van der Waals surface area contributed by atoms with E-state index in [-0.39, 0.29) is 17.7 Å². The molecule has 7 heteroatoms. The molecule has 5 nitrogen and oxygen atoms in total. The molecule has 0 saturated heterocycles. The van der Waals surface area contributed by atoms with Crippen LogP contribution in [0.25, 0.3) is 10.4 Å². The minimum atomic E-state index is -1.25. The number of guanidine groups is 1. The number of likely N-dealkylation sites (N-methyl/N-ethyl adjacent to an activating group) is 1. The summed E-state index contributed by atoms with van der Waals surface area (Å²) >= 11 is 1.44. The van der Waals surface area contributed by atoms with Gasteiger partial charge in [-0.2, -0.15) is 0 Å². The van der Waals surface area contributed by atoms with Crippen LogP contribution in [0.5, 0.6) is 5.75 Å². The van der Waals surface area contributed by atoms with Crippen LogP contribution in [-0.4, -0.2) is 30.9 Å². The van der Waals surface area contributed by atoms with E-state index in [2.05, 4.69) is 4.99 Å². The highest BCUT2D eigenvalue weighted by atomic mass is 32.1. The van der Waals surface area contributed by atoms with Crippen molar-refractivity contribution in [3.05, 3.63) is 76.4 Å². The van der Waals surface area contributed by atoms with Gasteiger partial charge in [-0.15, -0.1) is 11.3 Å². The average molecular weight is 409 g/mol. The number of hydrogen-bond donors (Lipinski definition) is 1. The second-order valence-electron chi connectivity index (χ2n) is 6.90. The zero-order chi connectivity index (χ0) is 20.8. The minimum Gasteiger partial charge on any atom is -0.496 e. The lowest BCUT2D eigenvalue weighted by atomic mass is 9.87. The molecule has 29 heavy (non-hydrogen) atoms. The van der Waals surface area contributed by atoms with Gasteiger partial charge in [-0.3, -0.25) is 9.69 Å². The van der Waals surface area contributed by atoms with Crippen LogP contribution >= 0.6 is 11.3 Å². The van der Waals surface area contributed by atoms with E-state index >= 15 is 0 Å². The van der Waals surface area contributed by atoms with Gasteiger partial charge in [0.15, 0.2) is 5.96 Å². The smallest absolute Gasteiger partial charge is 0.267 e. The fourth-order valence-electron chi connectivity index (χ4n) is 3.54. The maximum absolute atomic E-state index is 13.4. The maximum atomic E-state index is 13.4. The number of benzene rings is 2. The Morgan fingerprint density at radius 3 is 2.45 bits per heavy atom. The number of nitrogens with zero attached hydrogens (tertiary/aromatic N) is 2. The quantitative estimate of drug-likeness (QED) is 0.711. The van der Waals surface area contributed by atoms with Crippen molar-refractivity contribution in [1.82, 2.24) is 4.90 Å². The Morgan fingerprint density at radius 1 is 1.14 bits per heavy atom. The predicted molar refractivity (Wildman–Crippen MR) is 113 cm³/mol. The first kappa shape index (κ1) is 19.1. The van der Waals surface area contributed by atoms with Gasteiger partial charge in [0, 0.05) is 16.8 Å². The first-order valence-corrected chi connectivity index (χ1v) is 9.83. The summed E-state index contributed by atoms with van der Waals surface area (Å²) < 4.78 is 18.6. The molecule has 1 unspecified atom stereocenters. The molecule has 1 aromatic heterocycles. The van der Waals surface area contributed by atoms with Crippen molar-refractivity contribution in [2.75, 3.05) is 14.2 Å². The van der Waals surface area contributed by atoms with Crippen molar-refractivity contribution in [3.8, 4) is 16.2 Å². The Hall–Kier alpha value is -3.19. The number of ether oxygens (including phenoxy) is 1. The van der Waals surface area contributed by atoms with Gasteiger partial charge in [0.2, 0.25) is 5.54 Å². The molecule has 1 atom stereocenters. The van der Waals surface area contributed by atoms with E-state index in [1.165, 1.54) is 28.4 Å². The minimum absolute atomic E-state index is 0.167. The van der Waals surface area contributed by atoms with Crippen LogP contribution in [0.1, 0.15) is 16.0 Å². The molecular weight excluding hydrogens is 389 g/mol. The maximum Gasteiger partial charge on any atom is 0.267 e. The van der Waals surface area contributed by atoms with Crippen molar-refractivity contribution in [1.29, 1.82) is 0 Å². The second kappa shape index (κ2) is 7.00. The van der Waals surface area contributed by atoms with Gasteiger partial charge in [0.05, 0.1) is 7.11 Å². The molecule has 0 aliphatic carbocycles. The molecule has 0 spiro atoms. The Labute approximate surface area is 172 Å². The fraction of sp³-hybridized carbons (Fsp3) is 0.182. The normalized spacial score (nSPS) is 18.8. The van der Waals surface area contributed by atoms with Gasteiger partial charge in [-0.05, 0) is 60.0 Å². The summed E-state index contributed by atoms with van der Waals surface area (Å²) in [6, 6.07) is 15.7. The van der Waals surface area contributed by atoms with Gasteiger partial charge in [-0.1, -0.05) is 18.2 Å². The van der Waals surface area contributed by atoms with E-state index in [0.717, 1.165) is 32.2 Å². The van der Waals surface area contributed by atoms with Crippen molar-refractivity contribution in [3.63, 3.8) is 0 Å². The lowest BCUT2D eigenvalue weighted by Crippen LogP contribution is -2.40. The molecule has 3 aromatic rings. The number of nitrogens with two attached hydrogens (primary N) is 1. The van der Waals surface area contributed by atoms with Gasteiger partial charge >= 0.3 is 0 Å². The van der Waals surface area contributed by atoms with E-state index in [1.54, 1.807) is 26.3 Å². The predicted octanol–water partition coefficient (Wildman–Crippen LogP) is 3.90. The summed E-state index contributed by atoms with van der Waals surface area (Å²) in [6.45, 7) is 1.92. The van der Waals surface area contributed by atoms with Crippen LogP contribution in [0.2, 0.25) is 0 Å². The SMILES string of the molecule is COc1ccc(C2(c3ccc(-c4ccc(F)cc4)s3)N=C(N)N(C)C2=O)cc1C. The molecule has 148 valence electrons. The van der Waals surface area contributed by atoms with Crippen molar-refractivity contribution >= 4 is 23.2 Å². The number of aryl methyl sites for hydroxylation is 1. The molecule has 4 rings (SSSR count). The summed E-state index contributed by atoms with van der Waals surface area (Å²) in [4.78, 5) is 21.0. The first-order valence-electron chi connectivity index (χ1n) is 9.01. The number of amides is 1. The van der Waals surface area contributed by atoms with Crippen LogP contribution in [0.4, 0.5) is 4.39 Å². The van der Waals surface area contributed by atoms with Crippen LogP contribution in [0.3, 0.4) is 0 Å². The summed E-state index contributed by atoms with van der Waals surface area (Å²) in [5.41, 5.74) is 7.29. The summed E-state index contributed by atoms with van der Waals surface area (Å²) in [5.74, 6) is 0.394. The first-order chi connectivity index (χ1) is 13.9. The summed E-state index contributed by atoms with van der Waals surface area (Å²) in [6.07, 6.45) is 0. The number of halogens is 1. The third-order valence-corrected chi connectivity index (χ3v) is 6.39. The molecule has 0 saturated carbocycles. The van der Waals surface area contributed by atoms with Crippen LogP contribution in [-0.2, 0) is 10.3 Å². The van der Waals surface area contributed by atoms with Crippen LogP contribution in [0, 0.1) is 12.7 Å². The molecule has 2 aromatic carbocycles. The van der Waals surface area contributed by atoms with Crippen LogP contribution < -0.4 is 10.5 Å². The standard InChI is InChI=1S/C22H20FN3O2S/c1-13-12-15(6-9-17(13)28-3)22(20(27)26(2)21(24)25-22)19-11-10-18(29-19)14-4-7-16(23)8-5-14/h4-12H,1-3H3,(H2,24,25). The Bertz CT molecular complexity index is 1120. The van der Waals surface area contributed by atoms with E-state index in [4.69, 9.17) is 10.5 Å². The number of methoxy groups -OCH3 is 1. The number of thiophene rings is 1. The van der Waals surface area contributed by atoms with E-state index in [9.17, 15) is 9.18 Å². The largest absolute Gasteiger partial charge is 0.496 e. The van der Waals surface area contributed by atoms with E-state index in [1.807, 2.05) is 37.3 Å². The molecule has 1 aliphatic heterocycles. The van der Waals surface area contributed by atoms with Gasteiger partial charge in [0.1, 0.15) is 11.6 Å². The zero-order valence-corrected chi connectivity index (χ0v) is 17.1. The number of hydrogen-bond acceptors (Lipinski definition) is 5.